The molecule has 4 heteroatoms. The van der Waals surface area contributed by atoms with Crippen LogP contribution in [0.4, 0.5) is 0 Å². The van der Waals surface area contributed by atoms with Crippen molar-refractivity contribution < 1.29 is 15.0 Å². The molecular formula is C11H23NO3. The van der Waals surface area contributed by atoms with E-state index in [9.17, 15) is 4.79 Å². The molecule has 0 radical (unpaired) electrons. The Balaban J connectivity index is 4.35. The molecule has 1 atom stereocenters. The number of rotatable bonds is 6. The van der Waals surface area contributed by atoms with Crippen LogP contribution in [0.2, 0.25) is 0 Å². The molecule has 0 heterocycles. The predicted molar refractivity (Wildman–Crippen MR) is 59.8 cm³/mol. The first-order valence-corrected chi connectivity index (χ1v) is 5.28. The molecule has 0 saturated carbocycles. The highest BCUT2D eigenvalue weighted by Gasteiger charge is 2.42. The Morgan fingerprint density at radius 2 is 1.80 bits per heavy atom. The lowest BCUT2D eigenvalue weighted by atomic mass is 9.74. The lowest BCUT2D eigenvalue weighted by Crippen LogP contribution is -2.55. The van der Waals surface area contributed by atoms with Crippen molar-refractivity contribution in [3.05, 3.63) is 0 Å². The summed E-state index contributed by atoms with van der Waals surface area (Å²) in [6.45, 7) is 9.46. The number of hydrogen-bond acceptors (Lipinski definition) is 3. The zero-order valence-electron chi connectivity index (χ0n) is 10.3. The van der Waals surface area contributed by atoms with Crippen LogP contribution in [0.1, 0.15) is 41.0 Å². The van der Waals surface area contributed by atoms with Crippen LogP contribution in [0, 0.1) is 5.41 Å². The number of carboxylic acids is 1. The second-order valence-electron chi connectivity index (χ2n) is 5.12. The second kappa shape index (κ2) is 4.94. The third-order valence-electron chi connectivity index (χ3n) is 3.23. The molecule has 0 spiro atoms. The molecule has 0 aromatic rings. The maximum absolute atomic E-state index is 11.1. The van der Waals surface area contributed by atoms with Gasteiger partial charge in [-0.3, -0.25) is 4.79 Å². The fourth-order valence-corrected chi connectivity index (χ4v) is 1.08. The van der Waals surface area contributed by atoms with E-state index in [-0.39, 0.29) is 6.10 Å². The molecule has 0 aromatic heterocycles. The number of carboxylic acid groups (broad SMARTS) is 1. The van der Waals surface area contributed by atoms with Gasteiger partial charge in [-0.2, -0.15) is 0 Å². The maximum Gasteiger partial charge on any atom is 0.310 e. The van der Waals surface area contributed by atoms with Gasteiger partial charge in [-0.25, -0.2) is 0 Å². The number of carbonyl (C=O) groups is 1. The fraction of sp³-hybridized carbons (Fsp3) is 0.909. The van der Waals surface area contributed by atoms with Gasteiger partial charge in [0.15, 0.2) is 0 Å². The van der Waals surface area contributed by atoms with E-state index in [0.717, 1.165) is 0 Å². The van der Waals surface area contributed by atoms with Crippen LogP contribution in [-0.4, -0.2) is 34.4 Å². The SMILES string of the molecule is CC(O)CCNC(C)(C)C(C)(C)C(=O)O. The van der Waals surface area contributed by atoms with Crippen molar-refractivity contribution in [2.75, 3.05) is 6.54 Å². The number of hydrogen-bond donors (Lipinski definition) is 3. The molecule has 0 fully saturated rings. The Morgan fingerprint density at radius 3 is 2.13 bits per heavy atom. The summed E-state index contributed by atoms with van der Waals surface area (Å²) in [6.07, 6.45) is 0.264. The molecule has 0 aliphatic rings. The van der Waals surface area contributed by atoms with Gasteiger partial charge in [0.2, 0.25) is 0 Å². The number of aliphatic hydroxyl groups excluding tert-OH is 1. The molecule has 0 saturated heterocycles. The first-order valence-electron chi connectivity index (χ1n) is 5.28. The number of aliphatic carboxylic acids is 1. The first-order chi connectivity index (χ1) is 6.61. The molecule has 90 valence electrons. The van der Waals surface area contributed by atoms with Gasteiger partial charge in [-0.15, -0.1) is 0 Å². The Hall–Kier alpha value is -0.610. The van der Waals surface area contributed by atoms with Gasteiger partial charge in [-0.1, -0.05) is 0 Å². The lowest BCUT2D eigenvalue weighted by molar-refractivity contribution is -0.151. The highest BCUT2D eigenvalue weighted by Crippen LogP contribution is 2.30. The van der Waals surface area contributed by atoms with Crippen molar-refractivity contribution in [2.45, 2.75) is 52.7 Å². The molecular weight excluding hydrogens is 194 g/mol. The van der Waals surface area contributed by atoms with Crippen LogP contribution < -0.4 is 5.32 Å². The Labute approximate surface area is 91.7 Å². The predicted octanol–water partition coefficient (Wildman–Crippen LogP) is 1.24. The van der Waals surface area contributed by atoms with E-state index in [4.69, 9.17) is 10.2 Å². The van der Waals surface area contributed by atoms with Gasteiger partial charge in [-0.05, 0) is 47.6 Å². The molecule has 0 aliphatic carbocycles. The van der Waals surface area contributed by atoms with Crippen molar-refractivity contribution in [2.24, 2.45) is 5.41 Å². The van der Waals surface area contributed by atoms with Crippen LogP contribution >= 0.6 is 0 Å². The van der Waals surface area contributed by atoms with Crippen LogP contribution in [0.15, 0.2) is 0 Å². The van der Waals surface area contributed by atoms with Gasteiger partial charge in [0.05, 0.1) is 11.5 Å². The van der Waals surface area contributed by atoms with E-state index >= 15 is 0 Å². The minimum atomic E-state index is -0.842. The molecule has 1 unspecified atom stereocenters. The van der Waals surface area contributed by atoms with Gasteiger partial charge >= 0.3 is 5.97 Å². The molecule has 0 bridgehead atoms. The maximum atomic E-state index is 11.1. The van der Waals surface area contributed by atoms with Crippen molar-refractivity contribution in [3.8, 4) is 0 Å². The van der Waals surface area contributed by atoms with Crippen LogP contribution in [0.3, 0.4) is 0 Å². The summed E-state index contributed by atoms with van der Waals surface area (Å²) in [5, 5.41) is 21.4. The molecule has 0 amide bonds. The molecule has 0 aliphatic heterocycles. The summed E-state index contributed by atoms with van der Waals surface area (Å²) in [5.74, 6) is -0.822. The standard InChI is InChI=1S/C11H23NO3/c1-8(13)6-7-12-11(4,5)10(2,3)9(14)15/h8,12-13H,6-7H2,1-5H3,(H,14,15). The van der Waals surface area contributed by atoms with E-state index in [1.807, 2.05) is 13.8 Å². The summed E-state index contributed by atoms with van der Waals surface area (Å²) in [5.41, 5.74) is -1.35. The largest absolute Gasteiger partial charge is 0.481 e. The zero-order valence-corrected chi connectivity index (χ0v) is 10.3. The molecule has 3 N–H and O–H groups in total. The quantitative estimate of drug-likeness (QED) is 0.626. The monoisotopic (exact) mass is 217 g/mol. The van der Waals surface area contributed by atoms with Crippen molar-refractivity contribution >= 4 is 5.97 Å². The van der Waals surface area contributed by atoms with Gasteiger partial charge in [0.1, 0.15) is 0 Å². The summed E-state index contributed by atoms with van der Waals surface area (Å²) in [6, 6.07) is 0. The van der Waals surface area contributed by atoms with Gasteiger partial charge in [0.25, 0.3) is 0 Å². The summed E-state index contributed by atoms with van der Waals surface area (Å²) in [7, 11) is 0. The summed E-state index contributed by atoms with van der Waals surface area (Å²) >= 11 is 0. The Bertz CT molecular complexity index is 222. The highest BCUT2D eigenvalue weighted by molar-refractivity contribution is 5.75. The summed E-state index contributed by atoms with van der Waals surface area (Å²) in [4.78, 5) is 11.1. The molecule has 4 nitrogen and oxygen atoms in total. The molecule has 0 rings (SSSR count). The van der Waals surface area contributed by atoms with E-state index in [0.29, 0.717) is 13.0 Å². The van der Waals surface area contributed by atoms with Gasteiger partial charge in [0, 0.05) is 5.54 Å². The second-order valence-corrected chi connectivity index (χ2v) is 5.12. The van der Waals surface area contributed by atoms with Crippen molar-refractivity contribution in [1.29, 1.82) is 0 Å². The van der Waals surface area contributed by atoms with Crippen molar-refractivity contribution in [3.63, 3.8) is 0 Å². The van der Waals surface area contributed by atoms with E-state index < -0.39 is 16.9 Å². The number of aliphatic hydroxyl groups is 1. The topological polar surface area (TPSA) is 69.6 Å². The van der Waals surface area contributed by atoms with E-state index in [1.165, 1.54) is 0 Å². The number of nitrogens with one attached hydrogen (secondary N) is 1. The Kier molecular flexibility index (Phi) is 4.74. The van der Waals surface area contributed by atoms with Crippen LogP contribution in [0.5, 0.6) is 0 Å². The zero-order chi connectivity index (χ0) is 12.3. The fourth-order valence-electron chi connectivity index (χ4n) is 1.08. The first kappa shape index (κ1) is 14.4. The third-order valence-corrected chi connectivity index (χ3v) is 3.23. The van der Waals surface area contributed by atoms with E-state index in [2.05, 4.69) is 5.32 Å². The minimum absolute atomic E-state index is 0.360. The normalized spacial score (nSPS) is 15.1. The lowest BCUT2D eigenvalue weighted by Gasteiger charge is -2.39. The highest BCUT2D eigenvalue weighted by atomic mass is 16.4. The Morgan fingerprint density at radius 1 is 1.33 bits per heavy atom. The van der Waals surface area contributed by atoms with Crippen molar-refractivity contribution in [1.82, 2.24) is 5.32 Å². The minimum Gasteiger partial charge on any atom is -0.481 e. The average molecular weight is 217 g/mol. The van der Waals surface area contributed by atoms with Crippen LogP contribution in [-0.2, 0) is 4.79 Å². The van der Waals surface area contributed by atoms with E-state index in [1.54, 1.807) is 20.8 Å². The molecule has 0 aromatic carbocycles. The smallest absolute Gasteiger partial charge is 0.310 e. The average Bonchev–Trinajstić information content (AvgIpc) is 2.02. The van der Waals surface area contributed by atoms with Crippen LogP contribution in [0.25, 0.3) is 0 Å². The molecule has 15 heavy (non-hydrogen) atoms. The third kappa shape index (κ3) is 3.80. The summed E-state index contributed by atoms with van der Waals surface area (Å²) < 4.78 is 0. The van der Waals surface area contributed by atoms with Gasteiger partial charge < -0.3 is 15.5 Å².